The van der Waals surface area contributed by atoms with Gasteiger partial charge in [-0.15, -0.1) is 0 Å². The molecule has 0 unspecified atom stereocenters. The van der Waals surface area contributed by atoms with E-state index >= 15 is 0 Å². The van der Waals surface area contributed by atoms with Gasteiger partial charge in [0.25, 0.3) is 17.5 Å². The minimum absolute atomic E-state index is 0.0317. The maximum atomic E-state index is 12.6. The second-order valence-corrected chi connectivity index (χ2v) is 7.95. The van der Waals surface area contributed by atoms with Crippen LogP contribution in [-0.4, -0.2) is 38.4 Å². The van der Waals surface area contributed by atoms with Gasteiger partial charge in [0.05, 0.1) is 9.83 Å². The molecule has 0 spiro atoms. The number of benzene rings is 2. The summed E-state index contributed by atoms with van der Waals surface area (Å²) in [5.74, 6) is -1.69. The van der Waals surface area contributed by atoms with E-state index in [1.165, 1.54) is 29.2 Å². The summed E-state index contributed by atoms with van der Waals surface area (Å²) in [4.78, 5) is 48.9. The minimum Gasteiger partial charge on any atom is -0.292 e. The van der Waals surface area contributed by atoms with Crippen LogP contribution >= 0.6 is 24.0 Å². The SMILES string of the molecule is O=C(CCN1C(=O)/C(=C\c2ccccc2)SC1=S)NNC(=O)c1ccccc1[N+](=O)[O-]. The van der Waals surface area contributed by atoms with Gasteiger partial charge >= 0.3 is 0 Å². The Hall–Kier alpha value is -3.57. The molecule has 3 amide bonds. The molecule has 9 nitrogen and oxygen atoms in total. The van der Waals surface area contributed by atoms with Gasteiger partial charge in [-0.3, -0.25) is 40.2 Å². The molecule has 0 atom stereocenters. The lowest BCUT2D eigenvalue weighted by molar-refractivity contribution is -0.385. The zero-order valence-electron chi connectivity index (χ0n) is 15.9. The Bertz CT molecular complexity index is 1090. The number of thiocarbonyl (C=S) groups is 1. The van der Waals surface area contributed by atoms with Crippen LogP contribution in [0.5, 0.6) is 0 Å². The molecule has 1 aliphatic heterocycles. The average Bonchev–Trinajstić information content (AvgIpc) is 3.03. The van der Waals surface area contributed by atoms with Crippen LogP contribution in [0.1, 0.15) is 22.3 Å². The molecule has 1 saturated heterocycles. The Kier molecular flexibility index (Phi) is 7.11. The van der Waals surface area contributed by atoms with E-state index in [1.54, 1.807) is 6.08 Å². The molecule has 0 saturated carbocycles. The third kappa shape index (κ3) is 5.53. The van der Waals surface area contributed by atoms with Crippen molar-refractivity contribution in [2.24, 2.45) is 0 Å². The van der Waals surface area contributed by atoms with Gasteiger partial charge in [-0.1, -0.05) is 66.4 Å². The molecular weight excluding hydrogens is 440 g/mol. The van der Waals surface area contributed by atoms with E-state index in [2.05, 4.69) is 10.9 Å². The van der Waals surface area contributed by atoms with E-state index < -0.39 is 16.7 Å². The molecule has 0 aromatic heterocycles. The van der Waals surface area contributed by atoms with Crippen molar-refractivity contribution in [2.75, 3.05) is 6.54 Å². The molecule has 31 heavy (non-hydrogen) atoms. The molecule has 3 rings (SSSR count). The molecule has 11 heteroatoms. The van der Waals surface area contributed by atoms with Gasteiger partial charge in [0.2, 0.25) is 5.91 Å². The van der Waals surface area contributed by atoms with Gasteiger partial charge in [-0.25, -0.2) is 0 Å². The number of carbonyl (C=O) groups excluding carboxylic acids is 3. The minimum atomic E-state index is -0.822. The summed E-state index contributed by atoms with van der Waals surface area (Å²) in [6.07, 6.45) is 1.61. The van der Waals surface area contributed by atoms with Gasteiger partial charge in [0, 0.05) is 19.0 Å². The highest BCUT2D eigenvalue weighted by Crippen LogP contribution is 2.32. The number of hydrogen-bond acceptors (Lipinski definition) is 7. The van der Waals surface area contributed by atoms with Crippen molar-refractivity contribution in [2.45, 2.75) is 6.42 Å². The fraction of sp³-hybridized carbons (Fsp3) is 0.100. The first-order valence-electron chi connectivity index (χ1n) is 9.00. The van der Waals surface area contributed by atoms with Crippen molar-refractivity contribution in [3.05, 3.63) is 80.7 Å². The number of nitro benzene ring substituents is 1. The quantitative estimate of drug-likeness (QED) is 0.297. The van der Waals surface area contributed by atoms with Crippen molar-refractivity contribution in [1.29, 1.82) is 0 Å². The molecule has 2 aromatic rings. The molecule has 1 heterocycles. The molecule has 2 aromatic carbocycles. The van der Waals surface area contributed by atoms with Crippen LogP contribution in [-0.2, 0) is 9.59 Å². The predicted octanol–water partition coefficient (Wildman–Crippen LogP) is 2.65. The smallest absolute Gasteiger partial charge is 0.282 e. The summed E-state index contributed by atoms with van der Waals surface area (Å²) in [7, 11) is 0. The number of hydrazine groups is 1. The van der Waals surface area contributed by atoms with Gasteiger partial charge in [-0.2, -0.15) is 0 Å². The molecular formula is C20H16N4O5S2. The van der Waals surface area contributed by atoms with E-state index in [9.17, 15) is 24.5 Å². The summed E-state index contributed by atoms with van der Waals surface area (Å²) >= 11 is 6.39. The zero-order valence-corrected chi connectivity index (χ0v) is 17.6. The van der Waals surface area contributed by atoms with Gasteiger partial charge < -0.3 is 0 Å². The zero-order chi connectivity index (χ0) is 22.4. The van der Waals surface area contributed by atoms with E-state index in [4.69, 9.17) is 12.2 Å². The van der Waals surface area contributed by atoms with Crippen molar-refractivity contribution < 1.29 is 19.3 Å². The largest absolute Gasteiger partial charge is 0.292 e. The van der Waals surface area contributed by atoms with Crippen molar-refractivity contribution in [3.63, 3.8) is 0 Å². The fourth-order valence-electron chi connectivity index (χ4n) is 2.69. The van der Waals surface area contributed by atoms with Crippen molar-refractivity contribution in [3.8, 4) is 0 Å². The summed E-state index contributed by atoms with van der Waals surface area (Å²) in [5, 5.41) is 11.0. The topological polar surface area (TPSA) is 122 Å². The maximum Gasteiger partial charge on any atom is 0.282 e. The number of nitrogens with one attached hydrogen (secondary N) is 2. The van der Waals surface area contributed by atoms with Crippen LogP contribution in [0.2, 0.25) is 0 Å². The highest BCUT2D eigenvalue weighted by atomic mass is 32.2. The summed E-state index contributed by atoms with van der Waals surface area (Å²) in [6, 6.07) is 14.7. The Morgan fingerprint density at radius 1 is 1.10 bits per heavy atom. The molecule has 0 radical (unpaired) electrons. The number of hydrogen-bond donors (Lipinski definition) is 2. The lowest BCUT2D eigenvalue weighted by atomic mass is 10.2. The number of nitro groups is 1. The van der Waals surface area contributed by atoms with Crippen LogP contribution in [0, 0.1) is 10.1 Å². The Labute approximate surface area is 186 Å². The van der Waals surface area contributed by atoms with Crippen molar-refractivity contribution in [1.82, 2.24) is 15.8 Å². The van der Waals surface area contributed by atoms with E-state index in [0.717, 1.165) is 17.3 Å². The molecule has 0 bridgehead atoms. The Morgan fingerprint density at radius 3 is 2.48 bits per heavy atom. The molecule has 1 fully saturated rings. The first kappa shape index (κ1) is 22.1. The van der Waals surface area contributed by atoms with E-state index in [1.807, 2.05) is 30.3 Å². The number of nitrogens with zero attached hydrogens (tertiary/aromatic N) is 2. The van der Waals surface area contributed by atoms with Crippen LogP contribution in [0.4, 0.5) is 5.69 Å². The number of rotatable bonds is 6. The maximum absolute atomic E-state index is 12.6. The van der Waals surface area contributed by atoms with Gasteiger partial charge in [0.1, 0.15) is 9.88 Å². The molecule has 158 valence electrons. The average molecular weight is 457 g/mol. The van der Waals surface area contributed by atoms with Gasteiger partial charge in [0.15, 0.2) is 0 Å². The Morgan fingerprint density at radius 2 is 1.77 bits per heavy atom. The highest BCUT2D eigenvalue weighted by Gasteiger charge is 2.32. The molecule has 1 aliphatic rings. The van der Waals surface area contributed by atoms with Crippen LogP contribution < -0.4 is 10.9 Å². The third-order valence-corrected chi connectivity index (χ3v) is 5.57. The Balaban J connectivity index is 1.53. The summed E-state index contributed by atoms with van der Waals surface area (Å²) in [5.41, 5.74) is 4.62. The lowest BCUT2D eigenvalue weighted by Gasteiger charge is -2.14. The number of carbonyl (C=O) groups is 3. The molecule has 2 N–H and O–H groups in total. The standard InChI is InChI=1S/C20H16N4O5S2/c25-17(21-22-18(26)14-8-4-5-9-15(14)24(28)29)10-11-23-19(27)16(31-20(23)30)12-13-6-2-1-3-7-13/h1-9,12H,10-11H2,(H,21,25)(H,22,26)/b16-12+. The number of thioether (sulfide) groups is 1. The lowest BCUT2D eigenvalue weighted by Crippen LogP contribution is -2.43. The number of amides is 3. The molecule has 0 aliphatic carbocycles. The predicted molar refractivity (Wildman–Crippen MR) is 120 cm³/mol. The first-order valence-corrected chi connectivity index (χ1v) is 10.2. The monoisotopic (exact) mass is 456 g/mol. The second-order valence-electron chi connectivity index (χ2n) is 6.27. The number of para-hydroxylation sites is 1. The van der Waals surface area contributed by atoms with E-state index in [-0.39, 0.29) is 30.1 Å². The van der Waals surface area contributed by atoms with E-state index in [0.29, 0.717) is 9.23 Å². The van der Waals surface area contributed by atoms with Crippen LogP contribution in [0.25, 0.3) is 6.08 Å². The van der Waals surface area contributed by atoms with Crippen LogP contribution in [0.3, 0.4) is 0 Å². The summed E-state index contributed by atoms with van der Waals surface area (Å²) < 4.78 is 0.337. The van der Waals surface area contributed by atoms with Gasteiger partial charge in [-0.05, 0) is 17.7 Å². The third-order valence-electron chi connectivity index (χ3n) is 4.19. The normalized spacial score (nSPS) is 14.6. The summed E-state index contributed by atoms with van der Waals surface area (Å²) in [6.45, 7) is 0.0317. The fourth-order valence-corrected chi connectivity index (χ4v) is 4.00. The highest BCUT2D eigenvalue weighted by molar-refractivity contribution is 8.26. The second kappa shape index (κ2) is 9.96. The first-order chi connectivity index (χ1) is 14.9. The van der Waals surface area contributed by atoms with Crippen molar-refractivity contribution >= 4 is 57.8 Å². The van der Waals surface area contributed by atoms with Crippen LogP contribution in [0.15, 0.2) is 59.5 Å².